The van der Waals surface area contributed by atoms with E-state index in [9.17, 15) is 19.5 Å². The maximum Gasteiger partial charge on any atom is 0.339 e. The number of rotatable bonds is 8. The van der Waals surface area contributed by atoms with Gasteiger partial charge < -0.3 is 29.0 Å². The molecular weight excluding hydrogens is 636 g/mol. The topological polar surface area (TPSA) is 115 Å². The van der Waals surface area contributed by atoms with Crippen LogP contribution in [0.1, 0.15) is 62.0 Å². The molecule has 3 aromatic carbocycles. The molecule has 0 bridgehead atoms. The second kappa shape index (κ2) is 12.5. The molecule has 4 aliphatic rings. The summed E-state index contributed by atoms with van der Waals surface area (Å²) in [6, 6.07) is 20.3. The summed E-state index contributed by atoms with van der Waals surface area (Å²) in [4.78, 5) is 41.3. The number of aromatic hydroxyl groups is 1. The maximum atomic E-state index is 13.6. The number of hydrogen-bond donors (Lipinski definition) is 1. The van der Waals surface area contributed by atoms with E-state index in [0.717, 1.165) is 33.6 Å². The molecule has 1 aliphatic carbocycles. The molecule has 7 rings (SSSR count). The average Bonchev–Trinajstić information content (AvgIpc) is 3.37. The predicted octanol–water partition coefficient (Wildman–Crippen LogP) is 6.66. The first-order valence-electron chi connectivity index (χ1n) is 16.8. The van der Waals surface area contributed by atoms with Crippen molar-refractivity contribution in [2.75, 3.05) is 25.3 Å². The van der Waals surface area contributed by atoms with Crippen molar-refractivity contribution in [3.8, 4) is 11.5 Å². The molecule has 0 saturated heterocycles. The first-order valence-corrected chi connectivity index (χ1v) is 16.8. The fraction of sp³-hybridized carbons (Fsp3) is 0.325. The minimum atomic E-state index is -1.15. The number of ether oxygens (including phenoxy) is 4. The van der Waals surface area contributed by atoms with Crippen molar-refractivity contribution in [1.82, 2.24) is 4.90 Å². The zero-order valence-electron chi connectivity index (χ0n) is 28.8. The normalized spacial score (nSPS) is 22.7. The molecule has 1 N–H and O–H groups in total. The Bertz CT molecular complexity index is 1980. The van der Waals surface area contributed by atoms with Gasteiger partial charge in [-0.1, -0.05) is 30.4 Å². The van der Waals surface area contributed by atoms with Crippen molar-refractivity contribution in [3.05, 3.63) is 119 Å². The Morgan fingerprint density at radius 1 is 0.980 bits per heavy atom. The predicted molar refractivity (Wildman–Crippen MR) is 186 cm³/mol. The Morgan fingerprint density at radius 3 is 2.48 bits per heavy atom. The highest BCUT2D eigenvalue weighted by molar-refractivity contribution is 5.96. The Morgan fingerprint density at radius 2 is 1.72 bits per heavy atom. The number of phenols is 1. The van der Waals surface area contributed by atoms with Gasteiger partial charge in [0, 0.05) is 61.0 Å². The second-order valence-corrected chi connectivity index (χ2v) is 13.7. The van der Waals surface area contributed by atoms with Crippen molar-refractivity contribution in [2.45, 2.75) is 57.7 Å². The molecule has 1 spiro atoms. The van der Waals surface area contributed by atoms with Crippen molar-refractivity contribution in [1.29, 1.82) is 0 Å². The summed E-state index contributed by atoms with van der Waals surface area (Å²) in [5, 5.41) is 9.83. The van der Waals surface area contributed by atoms with E-state index in [1.165, 1.54) is 6.92 Å². The minimum absolute atomic E-state index is 0.165. The molecule has 3 aromatic rings. The van der Waals surface area contributed by atoms with E-state index in [1.807, 2.05) is 66.5 Å². The number of fused-ring (bicyclic) bond motifs is 7. The molecule has 10 heteroatoms. The monoisotopic (exact) mass is 676 g/mol. The summed E-state index contributed by atoms with van der Waals surface area (Å²) in [7, 11) is 1.94. The van der Waals surface area contributed by atoms with E-state index < -0.39 is 30.3 Å². The molecule has 3 unspecified atom stereocenters. The number of anilines is 2. The highest BCUT2D eigenvalue weighted by Crippen LogP contribution is 2.58. The highest BCUT2D eigenvalue weighted by Gasteiger charge is 2.58. The molecule has 0 saturated carbocycles. The van der Waals surface area contributed by atoms with E-state index in [4.69, 9.17) is 18.9 Å². The zero-order valence-corrected chi connectivity index (χ0v) is 28.8. The summed E-state index contributed by atoms with van der Waals surface area (Å²) in [5.74, 6) is -0.308. The Kier molecular flexibility index (Phi) is 8.30. The van der Waals surface area contributed by atoms with Gasteiger partial charge in [-0.25, -0.2) is 4.79 Å². The van der Waals surface area contributed by atoms with Crippen LogP contribution >= 0.6 is 0 Å². The van der Waals surface area contributed by atoms with E-state index in [2.05, 4.69) is 43.9 Å². The minimum Gasteiger partial charge on any atom is -0.508 e. The van der Waals surface area contributed by atoms with Gasteiger partial charge in [-0.2, -0.15) is 0 Å². The summed E-state index contributed by atoms with van der Waals surface area (Å²) in [5.41, 5.74) is 4.53. The average molecular weight is 677 g/mol. The van der Waals surface area contributed by atoms with Crippen LogP contribution in [0.25, 0.3) is 0 Å². The SMILES string of the molecule is CC(=O)OCOC(=O)CCCN1C2C=C3Oc4cc(N(C)c5ccc(O)cc5)ccc4C4(OC(=O)c5ccccc54)C3C=C2C(C)=CC1(C)C. The third kappa shape index (κ3) is 5.63. The fourth-order valence-corrected chi connectivity index (χ4v) is 7.78. The van der Waals surface area contributed by atoms with Gasteiger partial charge in [-0.05, 0) is 86.9 Å². The van der Waals surface area contributed by atoms with Crippen LogP contribution in [-0.2, 0) is 29.4 Å². The van der Waals surface area contributed by atoms with Gasteiger partial charge in [0.05, 0.1) is 17.5 Å². The number of benzene rings is 3. The smallest absolute Gasteiger partial charge is 0.339 e. The third-order valence-corrected chi connectivity index (χ3v) is 10.1. The van der Waals surface area contributed by atoms with Crippen molar-refractivity contribution < 1.29 is 38.4 Å². The van der Waals surface area contributed by atoms with Gasteiger partial charge in [0.2, 0.25) is 6.79 Å². The van der Waals surface area contributed by atoms with Crippen molar-refractivity contribution in [2.24, 2.45) is 5.92 Å². The molecule has 258 valence electrons. The van der Waals surface area contributed by atoms with Crippen molar-refractivity contribution >= 4 is 29.3 Å². The molecule has 50 heavy (non-hydrogen) atoms. The largest absolute Gasteiger partial charge is 0.508 e. The van der Waals surface area contributed by atoms with E-state index in [0.29, 0.717) is 30.0 Å². The number of phenolic OH excluding ortho intramolecular Hbond substituents is 1. The number of hydrogen-bond acceptors (Lipinski definition) is 10. The van der Waals surface area contributed by atoms with Crippen LogP contribution in [0.5, 0.6) is 11.5 Å². The summed E-state index contributed by atoms with van der Waals surface area (Å²) in [6.45, 7) is 7.85. The molecule has 10 nitrogen and oxygen atoms in total. The van der Waals surface area contributed by atoms with Gasteiger partial charge in [-0.15, -0.1) is 0 Å². The lowest BCUT2D eigenvalue weighted by Gasteiger charge is -2.50. The molecule has 3 atom stereocenters. The summed E-state index contributed by atoms with van der Waals surface area (Å²) >= 11 is 0. The van der Waals surface area contributed by atoms with E-state index in [-0.39, 0.29) is 29.7 Å². The van der Waals surface area contributed by atoms with Crippen LogP contribution in [0, 0.1) is 5.92 Å². The highest BCUT2D eigenvalue weighted by atomic mass is 16.7. The first-order chi connectivity index (χ1) is 23.9. The number of carbonyl (C=O) groups excluding carboxylic acids is 3. The molecule has 0 aromatic heterocycles. The Labute approximate surface area is 291 Å². The number of esters is 3. The van der Waals surface area contributed by atoms with Crippen LogP contribution in [0.15, 0.2) is 102 Å². The molecule has 0 radical (unpaired) electrons. The van der Waals surface area contributed by atoms with Gasteiger partial charge in [-0.3, -0.25) is 14.5 Å². The maximum absolute atomic E-state index is 13.6. The molecular formula is C40H40N2O8. The lowest BCUT2D eigenvalue weighted by molar-refractivity contribution is -0.165. The number of carbonyl (C=O) groups is 3. The van der Waals surface area contributed by atoms with Crippen LogP contribution in [-0.4, -0.2) is 59.9 Å². The van der Waals surface area contributed by atoms with E-state index in [1.54, 1.807) is 12.1 Å². The molecule has 0 amide bonds. The third-order valence-electron chi connectivity index (χ3n) is 10.1. The Balaban J connectivity index is 1.28. The molecule has 0 fully saturated rings. The first kappa shape index (κ1) is 33.2. The summed E-state index contributed by atoms with van der Waals surface area (Å²) < 4.78 is 23.1. The Hall–Kier alpha value is -5.35. The second-order valence-electron chi connectivity index (χ2n) is 13.7. The van der Waals surface area contributed by atoms with Crippen molar-refractivity contribution in [3.63, 3.8) is 0 Å². The van der Waals surface area contributed by atoms with Crippen LogP contribution in [0.3, 0.4) is 0 Å². The molecule has 3 heterocycles. The van der Waals surface area contributed by atoms with Crippen LogP contribution in [0.4, 0.5) is 11.4 Å². The van der Waals surface area contributed by atoms with Gasteiger partial charge in [0.25, 0.3) is 0 Å². The van der Waals surface area contributed by atoms with Gasteiger partial charge in [0.1, 0.15) is 17.3 Å². The van der Waals surface area contributed by atoms with E-state index >= 15 is 0 Å². The summed E-state index contributed by atoms with van der Waals surface area (Å²) in [6.07, 6.45) is 7.25. The van der Waals surface area contributed by atoms with Gasteiger partial charge >= 0.3 is 17.9 Å². The quantitative estimate of drug-likeness (QED) is 0.205. The zero-order chi connectivity index (χ0) is 35.4. The van der Waals surface area contributed by atoms with Gasteiger partial charge in [0.15, 0.2) is 5.60 Å². The fourth-order valence-electron chi connectivity index (χ4n) is 7.78. The van der Waals surface area contributed by atoms with Crippen LogP contribution < -0.4 is 9.64 Å². The lowest BCUT2D eigenvalue weighted by atomic mass is 9.68. The standard InChI is InChI=1S/C40H40N2O8/c1-24-22-39(3,4)42(18-8-11-37(45)48-23-47-25(2)43)34-21-36-33(20-30(24)34)40(31-10-7-6-9-29(31)38(46)50-40)32-17-14-27(19-35(32)49-36)41(5)26-12-15-28(44)16-13-26/h6-7,9-10,12-17,19-22,33-34,44H,8,11,18,23H2,1-5H3. The van der Waals surface area contributed by atoms with Crippen LogP contribution in [0.2, 0.25) is 0 Å². The number of nitrogens with zero attached hydrogens (tertiary/aromatic N) is 2. The molecule has 3 aliphatic heterocycles. The lowest BCUT2D eigenvalue weighted by Crippen LogP contribution is -2.54.